The molecule has 1 saturated carbocycles. The van der Waals surface area contributed by atoms with Crippen molar-refractivity contribution in [2.24, 2.45) is 22.7 Å². The Balaban J connectivity index is 1.85. The van der Waals surface area contributed by atoms with E-state index in [1.54, 1.807) is 6.92 Å². The Bertz CT molecular complexity index is 736. The molecule has 1 aromatic heterocycles. The van der Waals surface area contributed by atoms with Gasteiger partial charge in [-0.15, -0.1) is 0 Å². The standard InChI is InChI=1S/C20H26O5/c1-18-7-6-15-19(2,8-16(21)25-11-20(15,3)17(22)23)14(18)5-4-12-9-24-10-13(12)18/h9-10,14-15H,4-8,11H2,1-3H3,(H,22,23). The van der Waals surface area contributed by atoms with Crippen LogP contribution in [-0.4, -0.2) is 23.7 Å². The fraction of sp³-hybridized carbons (Fsp3) is 0.700. The van der Waals surface area contributed by atoms with Crippen LogP contribution < -0.4 is 0 Å². The van der Waals surface area contributed by atoms with Crippen molar-refractivity contribution in [3.05, 3.63) is 23.7 Å². The van der Waals surface area contributed by atoms with Crippen molar-refractivity contribution in [1.29, 1.82) is 0 Å². The van der Waals surface area contributed by atoms with E-state index in [4.69, 9.17) is 9.15 Å². The predicted molar refractivity (Wildman–Crippen MR) is 90.0 cm³/mol. The van der Waals surface area contributed by atoms with Crippen molar-refractivity contribution in [1.82, 2.24) is 0 Å². The highest BCUT2D eigenvalue weighted by Gasteiger charge is 2.63. The number of hydrogen-bond acceptors (Lipinski definition) is 4. The first-order valence-corrected chi connectivity index (χ1v) is 9.16. The average molecular weight is 346 g/mol. The highest BCUT2D eigenvalue weighted by Crippen LogP contribution is 2.64. The molecule has 0 amide bonds. The van der Waals surface area contributed by atoms with Gasteiger partial charge in [0.15, 0.2) is 0 Å². The fourth-order valence-electron chi connectivity index (χ4n) is 6.40. The number of rotatable bonds is 1. The third-order valence-electron chi connectivity index (χ3n) is 7.69. The van der Waals surface area contributed by atoms with E-state index < -0.39 is 11.4 Å². The molecule has 136 valence electrons. The SMILES string of the molecule is CC1(C(=O)O)COC(=O)CC2(C)C1CCC1(C)c3cocc3CCC12. The maximum atomic E-state index is 12.4. The molecular weight excluding hydrogens is 320 g/mol. The summed E-state index contributed by atoms with van der Waals surface area (Å²) in [6.07, 6.45) is 7.58. The minimum absolute atomic E-state index is 0.0260. The minimum atomic E-state index is -1.03. The number of esters is 1. The number of fused-ring (bicyclic) bond motifs is 5. The second kappa shape index (κ2) is 5.12. The topological polar surface area (TPSA) is 76.7 Å². The van der Waals surface area contributed by atoms with Crippen LogP contribution in [0, 0.1) is 22.7 Å². The van der Waals surface area contributed by atoms with E-state index in [9.17, 15) is 14.7 Å². The van der Waals surface area contributed by atoms with Gasteiger partial charge in [-0.3, -0.25) is 9.59 Å². The van der Waals surface area contributed by atoms with Gasteiger partial charge < -0.3 is 14.3 Å². The molecule has 2 fully saturated rings. The van der Waals surface area contributed by atoms with Gasteiger partial charge in [0.2, 0.25) is 0 Å². The van der Waals surface area contributed by atoms with E-state index in [-0.39, 0.29) is 35.2 Å². The molecule has 4 rings (SSSR count). The van der Waals surface area contributed by atoms with Gasteiger partial charge in [-0.05, 0) is 66.4 Å². The van der Waals surface area contributed by atoms with Crippen molar-refractivity contribution in [3.8, 4) is 0 Å². The van der Waals surface area contributed by atoms with Crippen LogP contribution >= 0.6 is 0 Å². The van der Waals surface area contributed by atoms with Crippen molar-refractivity contribution in [2.45, 2.75) is 58.3 Å². The molecule has 2 heterocycles. The molecular formula is C20H26O5. The van der Waals surface area contributed by atoms with Gasteiger partial charge in [0.05, 0.1) is 18.9 Å². The second-order valence-corrected chi connectivity index (χ2v) is 8.98. The molecule has 1 saturated heterocycles. The summed E-state index contributed by atoms with van der Waals surface area (Å²) in [7, 11) is 0. The van der Waals surface area contributed by atoms with Crippen LogP contribution in [0.2, 0.25) is 0 Å². The van der Waals surface area contributed by atoms with Crippen LogP contribution in [0.5, 0.6) is 0 Å². The van der Waals surface area contributed by atoms with E-state index >= 15 is 0 Å². The summed E-state index contributed by atoms with van der Waals surface area (Å²) >= 11 is 0. The minimum Gasteiger partial charge on any atom is -0.481 e. The number of hydrogen-bond donors (Lipinski definition) is 1. The van der Waals surface area contributed by atoms with Gasteiger partial charge in [0, 0.05) is 0 Å². The first kappa shape index (κ1) is 16.7. The molecule has 0 bridgehead atoms. The van der Waals surface area contributed by atoms with Crippen LogP contribution in [0.15, 0.2) is 16.9 Å². The van der Waals surface area contributed by atoms with Crippen LogP contribution in [0.25, 0.3) is 0 Å². The van der Waals surface area contributed by atoms with E-state index in [1.807, 2.05) is 12.5 Å². The molecule has 1 N–H and O–H groups in total. The lowest BCUT2D eigenvalue weighted by atomic mass is 9.43. The number of aryl methyl sites for hydroxylation is 1. The zero-order valence-electron chi connectivity index (χ0n) is 15.1. The monoisotopic (exact) mass is 346 g/mol. The number of carbonyl (C=O) groups excluding carboxylic acids is 1. The summed E-state index contributed by atoms with van der Waals surface area (Å²) in [6.45, 7) is 6.12. The Hall–Kier alpha value is -1.78. The number of ether oxygens (including phenoxy) is 1. The first-order valence-electron chi connectivity index (χ1n) is 9.16. The lowest BCUT2D eigenvalue weighted by Gasteiger charge is -2.59. The Kier molecular flexibility index (Phi) is 3.41. The van der Waals surface area contributed by atoms with Gasteiger partial charge >= 0.3 is 11.9 Å². The highest BCUT2D eigenvalue weighted by molar-refractivity contribution is 5.78. The van der Waals surface area contributed by atoms with Crippen LogP contribution in [-0.2, 0) is 26.2 Å². The summed E-state index contributed by atoms with van der Waals surface area (Å²) in [4.78, 5) is 24.5. The zero-order chi connectivity index (χ0) is 18.0. The molecule has 3 aliphatic rings. The molecule has 5 unspecified atom stereocenters. The molecule has 5 atom stereocenters. The molecule has 2 aliphatic carbocycles. The van der Waals surface area contributed by atoms with Crippen LogP contribution in [0.4, 0.5) is 0 Å². The first-order chi connectivity index (χ1) is 11.7. The maximum Gasteiger partial charge on any atom is 0.313 e. The second-order valence-electron chi connectivity index (χ2n) is 8.98. The van der Waals surface area contributed by atoms with E-state index in [2.05, 4.69) is 13.8 Å². The number of aliphatic carboxylic acids is 1. The summed E-state index contributed by atoms with van der Waals surface area (Å²) in [6, 6.07) is 0. The fourth-order valence-corrected chi connectivity index (χ4v) is 6.40. The quantitative estimate of drug-likeness (QED) is 0.787. The van der Waals surface area contributed by atoms with Gasteiger partial charge in [0.1, 0.15) is 12.0 Å². The molecule has 1 aliphatic heterocycles. The third kappa shape index (κ3) is 2.07. The summed E-state index contributed by atoms with van der Waals surface area (Å²) < 4.78 is 10.9. The molecule has 5 heteroatoms. The van der Waals surface area contributed by atoms with Crippen molar-refractivity contribution >= 4 is 11.9 Å². The van der Waals surface area contributed by atoms with Gasteiger partial charge in [-0.1, -0.05) is 13.8 Å². The highest BCUT2D eigenvalue weighted by atomic mass is 16.5. The summed E-state index contributed by atoms with van der Waals surface area (Å²) in [5, 5.41) is 9.94. The number of carbonyl (C=O) groups is 2. The van der Waals surface area contributed by atoms with Gasteiger partial charge in [-0.25, -0.2) is 0 Å². The van der Waals surface area contributed by atoms with Crippen LogP contribution in [0.3, 0.4) is 0 Å². The Morgan fingerprint density at radius 2 is 1.96 bits per heavy atom. The molecule has 0 spiro atoms. The number of furan rings is 1. The zero-order valence-corrected chi connectivity index (χ0v) is 15.1. The van der Waals surface area contributed by atoms with Gasteiger partial charge in [-0.2, -0.15) is 0 Å². The molecule has 1 aromatic rings. The molecule has 0 radical (unpaired) electrons. The molecule has 5 nitrogen and oxygen atoms in total. The lowest BCUT2D eigenvalue weighted by molar-refractivity contribution is -0.164. The van der Waals surface area contributed by atoms with Crippen molar-refractivity contribution in [3.63, 3.8) is 0 Å². The lowest BCUT2D eigenvalue weighted by Crippen LogP contribution is -2.58. The molecule has 25 heavy (non-hydrogen) atoms. The smallest absolute Gasteiger partial charge is 0.313 e. The molecule has 0 aromatic carbocycles. The maximum absolute atomic E-state index is 12.4. The van der Waals surface area contributed by atoms with Gasteiger partial charge in [0.25, 0.3) is 0 Å². The predicted octanol–water partition coefficient (Wildman–Crippen LogP) is 3.55. The largest absolute Gasteiger partial charge is 0.481 e. The Morgan fingerprint density at radius 1 is 1.20 bits per heavy atom. The number of cyclic esters (lactones) is 1. The summed E-state index contributed by atoms with van der Waals surface area (Å²) in [5.74, 6) is -0.954. The summed E-state index contributed by atoms with van der Waals surface area (Å²) in [5.41, 5.74) is 1.02. The van der Waals surface area contributed by atoms with E-state index in [1.165, 1.54) is 11.1 Å². The van der Waals surface area contributed by atoms with Crippen LogP contribution in [0.1, 0.15) is 57.6 Å². The average Bonchev–Trinajstić information content (AvgIpc) is 2.98. The van der Waals surface area contributed by atoms with Crippen molar-refractivity contribution < 1.29 is 23.8 Å². The van der Waals surface area contributed by atoms with E-state index in [0.29, 0.717) is 6.42 Å². The normalized spacial score (nSPS) is 43.2. The Labute approximate surface area is 147 Å². The van der Waals surface area contributed by atoms with E-state index in [0.717, 1.165) is 25.7 Å². The number of carboxylic acid groups (broad SMARTS) is 1. The number of carboxylic acids is 1. The van der Waals surface area contributed by atoms with Crippen molar-refractivity contribution in [2.75, 3.05) is 6.61 Å². The third-order valence-corrected chi connectivity index (χ3v) is 7.69. The Morgan fingerprint density at radius 3 is 2.68 bits per heavy atom.